The van der Waals surface area contributed by atoms with E-state index in [4.69, 9.17) is 5.11 Å². The monoisotopic (exact) mass is 296 g/mol. The second kappa shape index (κ2) is 5.69. The largest absolute Gasteiger partial charge is 0.484 e. The van der Waals surface area contributed by atoms with Crippen LogP contribution in [0.2, 0.25) is 0 Å². The predicted molar refractivity (Wildman–Crippen MR) is 57.3 cm³/mol. The number of non-ortho nitro benzene ring substituents is 1. The van der Waals surface area contributed by atoms with Gasteiger partial charge in [0.05, 0.1) is 22.5 Å². The number of aliphatic hydroxyl groups is 1. The van der Waals surface area contributed by atoms with Gasteiger partial charge in [0.1, 0.15) is 12.2 Å². The zero-order valence-corrected chi connectivity index (χ0v) is 9.59. The Bertz CT molecular complexity index is 545. The first-order valence-electron chi connectivity index (χ1n) is 4.96. The fraction of sp³-hybridized carbons (Fsp3) is 0.333. The number of halogens is 3. The van der Waals surface area contributed by atoms with Crippen LogP contribution in [0.25, 0.3) is 0 Å². The van der Waals surface area contributed by atoms with E-state index in [9.17, 15) is 33.4 Å². The first-order chi connectivity index (χ1) is 9.18. The zero-order chi connectivity index (χ0) is 15.5. The van der Waals surface area contributed by atoms with Crippen LogP contribution in [-0.4, -0.2) is 28.2 Å². The van der Waals surface area contributed by atoms with Gasteiger partial charge in [-0.25, -0.2) is 0 Å². The van der Waals surface area contributed by atoms with Crippen LogP contribution in [0.3, 0.4) is 0 Å². The maximum Gasteiger partial charge on any atom is 0.420 e. The summed E-state index contributed by atoms with van der Waals surface area (Å²) >= 11 is 0. The smallest absolute Gasteiger partial charge is 0.420 e. The number of alkyl halides is 3. The molecule has 0 aliphatic heterocycles. The first-order valence-corrected chi connectivity index (χ1v) is 4.96. The number of nitro benzene ring substituents is 2. The molecule has 0 aliphatic rings. The second-order valence-electron chi connectivity index (χ2n) is 3.43. The van der Waals surface area contributed by atoms with Gasteiger partial charge in [0, 0.05) is 6.07 Å². The molecular formula is C9H7F3N2O6. The Balaban J connectivity index is 3.58. The van der Waals surface area contributed by atoms with E-state index < -0.39 is 51.9 Å². The molecule has 0 heterocycles. The average molecular weight is 296 g/mol. The van der Waals surface area contributed by atoms with Gasteiger partial charge in [0.15, 0.2) is 0 Å². The maximum absolute atomic E-state index is 12.8. The highest BCUT2D eigenvalue weighted by Gasteiger charge is 2.40. The molecule has 0 spiro atoms. The number of nitro groups is 2. The topological polar surface area (TPSA) is 116 Å². The molecule has 1 N–H and O–H groups in total. The Morgan fingerprint density at radius 2 is 1.80 bits per heavy atom. The summed E-state index contributed by atoms with van der Waals surface area (Å²) in [6.07, 6.45) is -5.08. The van der Waals surface area contributed by atoms with Crippen molar-refractivity contribution in [2.24, 2.45) is 0 Å². The van der Waals surface area contributed by atoms with Gasteiger partial charge < -0.3 is 9.84 Å². The molecule has 0 fully saturated rings. The quantitative estimate of drug-likeness (QED) is 0.655. The van der Waals surface area contributed by atoms with Crippen LogP contribution >= 0.6 is 0 Å². The van der Waals surface area contributed by atoms with E-state index in [0.29, 0.717) is 6.07 Å². The molecule has 1 rings (SSSR count). The van der Waals surface area contributed by atoms with Crippen molar-refractivity contribution >= 4 is 11.4 Å². The minimum atomic E-state index is -5.08. The summed E-state index contributed by atoms with van der Waals surface area (Å²) in [4.78, 5) is 18.8. The molecule has 0 saturated heterocycles. The molecule has 110 valence electrons. The van der Waals surface area contributed by atoms with Gasteiger partial charge >= 0.3 is 11.9 Å². The van der Waals surface area contributed by atoms with Crippen molar-refractivity contribution in [2.45, 2.75) is 6.18 Å². The Hall–Kier alpha value is -2.43. The summed E-state index contributed by atoms with van der Waals surface area (Å²) in [7, 11) is 0. The normalized spacial score (nSPS) is 11.2. The molecule has 0 atom stereocenters. The van der Waals surface area contributed by atoms with E-state index in [-0.39, 0.29) is 6.07 Å². The number of nitrogens with zero attached hydrogens (tertiary/aromatic N) is 2. The van der Waals surface area contributed by atoms with Gasteiger partial charge in [-0.3, -0.25) is 20.2 Å². The van der Waals surface area contributed by atoms with Gasteiger partial charge in [-0.2, -0.15) is 13.2 Å². The van der Waals surface area contributed by atoms with Crippen molar-refractivity contribution < 1.29 is 32.9 Å². The van der Waals surface area contributed by atoms with Gasteiger partial charge in [0.2, 0.25) is 5.75 Å². The van der Waals surface area contributed by atoms with Crippen molar-refractivity contribution in [1.82, 2.24) is 0 Å². The molecule has 0 radical (unpaired) electrons. The standard InChI is InChI=1S/C9H7F3N2O6/c10-9(11,12)6-3-5(13(16)17)4-7(14(18)19)8(6)20-2-1-15/h3-4,15H,1-2H2. The third-order valence-electron chi connectivity index (χ3n) is 2.10. The fourth-order valence-electron chi connectivity index (χ4n) is 1.35. The van der Waals surface area contributed by atoms with E-state index >= 15 is 0 Å². The van der Waals surface area contributed by atoms with Crippen molar-refractivity contribution in [3.63, 3.8) is 0 Å². The van der Waals surface area contributed by atoms with Gasteiger partial charge in [0.25, 0.3) is 5.69 Å². The van der Waals surface area contributed by atoms with Crippen molar-refractivity contribution in [3.8, 4) is 5.75 Å². The number of aliphatic hydroxyl groups excluding tert-OH is 1. The van der Waals surface area contributed by atoms with Crippen molar-refractivity contribution in [3.05, 3.63) is 37.9 Å². The van der Waals surface area contributed by atoms with E-state index in [1.54, 1.807) is 0 Å². The van der Waals surface area contributed by atoms with Gasteiger partial charge in [-0.1, -0.05) is 0 Å². The van der Waals surface area contributed by atoms with Crippen LogP contribution in [0.4, 0.5) is 24.5 Å². The average Bonchev–Trinajstić information content (AvgIpc) is 2.33. The Labute approximate surface area is 108 Å². The zero-order valence-electron chi connectivity index (χ0n) is 9.59. The number of rotatable bonds is 5. The molecule has 0 bridgehead atoms. The number of hydrogen-bond acceptors (Lipinski definition) is 6. The second-order valence-corrected chi connectivity index (χ2v) is 3.43. The van der Waals surface area contributed by atoms with Crippen LogP contribution in [0.1, 0.15) is 5.56 Å². The first kappa shape index (κ1) is 15.6. The van der Waals surface area contributed by atoms with Crippen LogP contribution in [0.5, 0.6) is 5.75 Å². The number of ether oxygens (including phenoxy) is 1. The summed E-state index contributed by atoms with van der Waals surface area (Å²) in [5, 5.41) is 29.7. The Morgan fingerprint density at radius 1 is 1.20 bits per heavy atom. The fourth-order valence-corrected chi connectivity index (χ4v) is 1.35. The maximum atomic E-state index is 12.8. The van der Waals surface area contributed by atoms with Crippen molar-refractivity contribution in [1.29, 1.82) is 0 Å². The summed E-state index contributed by atoms with van der Waals surface area (Å²) < 4.78 is 42.8. The molecule has 8 nitrogen and oxygen atoms in total. The van der Waals surface area contributed by atoms with Crippen LogP contribution < -0.4 is 4.74 Å². The molecule has 11 heteroatoms. The lowest BCUT2D eigenvalue weighted by Crippen LogP contribution is -2.13. The summed E-state index contributed by atoms with van der Waals surface area (Å²) in [6, 6.07) is 0.502. The molecule has 1 aromatic rings. The molecule has 20 heavy (non-hydrogen) atoms. The summed E-state index contributed by atoms with van der Waals surface area (Å²) in [5.74, 6) is -1.16. The van der Waals surface area contributed by atoms with E-state index in [1.165, 1.54) is 0 Å². The lowest BCUT2D eigenvalue weighted by Gasteiger charge is -2.13. The van der Waals surface area contributed by atoms with Gasteiger partial charge in [-0.15, -0.1) is 0 Å². The highest BCUT2D eigenvalue weighted by molar-refractivity contribution is 5.59. The minimum absolute atomic E-state index is 0.139. The molecule has 0 unspecified atom stereocenters. The van der Waals surface area contributed by atoms with E-state index in [1.807, 2.05) is 0 Å². The predicted octanol–water partition coefficient (Wildman–Crippen LogP) is 1.89. The third-order valence-corrected chi connectivity index (χ3v) is 2.10. The highest BCUT2D eigenvalue weighted by atomic mass is 19.4. The summed E-state index contributed by atoms with van der Waals surface area (Å²) in [5.41, 5.74) is -3.92. The lowest BCUT2D eigenvalue weighted by molar-refractivity contribution is -0.395. The highest BCUT2D eigenvalue weighted by Crippen LogP contribution is 2.43. The molecule has 0 aliphatic carbocycles. The molecule has 0 saturated carbocycles. The molecule has 0 amide bonds. The Morgan fingerprint density at radius 3 is 2.20 bits per heavy atom. The van der Waals surface area contributed by atoms with Crippen molar-refractivity contribution in [2.75, 3.05) is 13.2 Å². The molecule has 0 aromatic heterocycles. The molecule has 1 aromatic carbocycles. The number of benzene rings is 1. The minimum Gasteiger partial charge on any atom is -0.484 e. The van der Waals surface area contributed by atoms with Crippen LogP contribution in [0, 0.1) is 20.2 Å². The van der Waals surface area contributed by atoms with Gasteiger partial charge in [-0.05, 0) is 0 Å². The van der Waals surface area contributed by atoms with E-state index in [2.05, 4.69) is 4.74 Å². The third kappa shape index (κ3) is 3.32. The SMILES string of the molecule is O=[N+]([O-])c1cc([N+](=O)[O-])c(OCCO)c(C(F)(F)F)c1. The lowest BCUT2D eigenvalue weighted by atomic mass is 10.1. The number of hydrogen-bond donors (Lipinski definition) is 1. The summed E-state index contributed by atoms with van der Waals surface area (Å²) in [6.45, 7) is -1.30. The van der Waals surface area contributed by atoms with E-state index in [0.717, 1.165) is 0 Å². The Kier molecular flexibility index (Phi) is 4.45. The molecular weight excluding hydrogens is 289 g/mol. The van der Waals surface area contributed by atoms with Crippen LogP contribution in [0.15, 0.2) is 12.1 Å². The van der Waals surface area contributed by atoms with Crippen LogP contribution in [-0.2, 0) is 6.18 Å².